The maximum Gasteiger partial charge on any atom is 0.311 e. The minimum atomic E-state index is -0.870. The van der Waals surface area contributed by atoms with E-state index in [0.717, 1.165) is 25.8 Å². The van der Waals surface area contributed by atoms with Gasteiger partial charge in [0.2, 0.25) is 0 Å². The Kier molecular flexibility index (Phi) is 4.28. The molecule has 1 aliphatic heterocycles. The largest absolute Gasteiger partial charge is 0.469 e. The number of esters is 1. The summed E-state index contributed by atoms with van der Waals surface area (Å²) in [5.74, 6) is -0.602. The van der Waals surface area contributed by atoms with E-state index in [1.54, 1.807) is 0 Å². The highest BCUT2D eigenvalue weighted by molar-refractivity contribution is 5.73. The van der Waals surface area contributed by atoms with Gasteiger partial charge in [-0.2, -0.15) is 0 Å². The number of unbranched alkanes of at least 4 members (excludes halogenated alkanes) is 1. The number of β-amino-alcohol motifs (C(OH)–C–C–N with tert-alkyl or cyclic N) is 1. The van der Waals surface area contributed by atoms with Crippen LogP contribution < -0.4 is 0 Å². The standard InChI is InChI=1S/C14H25NO3/c1-3-4-5-12(13(16)18-2)14(17)8-9-15(10-14)11-6-7-11/h11-12,17H,3-10H2,1-2H3. The van der Waals surface area contributed by atoms with E-state index in [1.165, 1.54) is 20.0 Å². The molecule has 0 amide bonds. The lowest BCUT2D eigenvalue weighted by atomic mass is 9.83. The van der Waals surface area contributed by atoms with Gasteiger partial charge in [0.1, 0.15) is 0 Å². The molecule has 4 heteroatoms. The number of aliphatic hydroxyl groups is 1. The van der Waals surface area contributed by atoms with E-state index in [2.05, 4.69) is 11.8 Å². The molecule has 0 aromatic carbocycles. The lowest BCUT2D eigenvalue weighted by Crippen LogP contribution is -2.45. The fourth-order valence-electron chi connectivity index (χ4n) is 3.04. The van der Waals surface area contributed by atoms with Crippen LogP contribution in [0.1, 0.15) is 45.4 Å². The highest BCUT2D eigenvalue weighted by Crippen LogP contribution is 2.38. The van der Waals surface area contributed by atoms with Gasteiger partial charge in [-0.15, -0.1) is 0 Å². The second-order valence-corrected chi connectivity index (χ2v) is 5.77. The average Bonchev–Trinajstić information content (AvgIpc) is 3.13. The third-order valence-electron chi connectivity index (χ3n) is 4.35. The van der Waals surface area contributed by atoms with Crippen molar-refractivity contribution in [2.24, 2.45) is 5.92 Å². The molecule has 1 aliphatic carbocycles. The molecule has 0 spiro atoms. The van der Waals surface area contributed by atoms with Crippen molar-refractivity contribution in [3.8, 4) is 0 Å². The quantitative estimate of drug-likeness (QED) is 0.732. The van der Waals surface area contributed by atoms with Gasteiger partial charge in [-0.25, -0.2) is 0 Å². The van der Waals surface area contributed by atoms with Gasteiger partial charge in [0.05, 0.1) is 18.6 Å². The molecule has 2 fully saturated rings. The lowest BCUT2D eigenvalue weighted by Gasteiger charge is -2.31. The fraction of sp³-hybridized carbons (Fsp3) is 0.929. The molecule has 1 N–H and O–H groups in total. The van der Waals surface area contributed by atoms with Crippen LogP contribution in [0.25, 0.3) is 0 Å². The van der Waals surface area contributed by atoms with E-state index in [1.807, 2.05) is 0 Å². The number of ether oxygens (including phenoxy) is 1. The molecular formula is C14H25NO3. The van der Waals surface area contributed by atoms with Gasteiger partial charge in [0, 0.05) is 19.1 Å². The molecule has 0 bridgehead atoms. The first kappa shape index (κ1) is 13.8. The zero-order chi connectivity index (χ0) is 13.2. The van der Waals surface area contributed by atoms with Crippen LogP contribution in [0.2, 0.25) is 0 Å². The minimum absolute atomic E-state index is 0.247. The number of hydrogen-bond donors (Lipinski definition) is 1. The van der Waals surface area contributed by atoms with Gasteiger partial charge in [-0.1, -0.05) is 19.8 Å². The first-order valence-electron chi connectivity index (χ1n) is 7.15. The smallest absolute Gasteiger partial charge is 0.311 e. The van der Waals surface area contributed by atoms with Gasteiger partial charge >= 0.3 is 5.97 Å². The SMILES string of the molecule is CCCCC(C(=O)OC)C1(O)CCN(C2CC2)C1. The van der Waals surface area contributed by atoms with E-state index in [4.69, 9.17) is 4.74 Å². The Morgan fingerprint density at radius 2 is 2.28 bits per heavy atom. The van der Waals surface area contributed by atoms with Crippen molar-refractivity contribution in [3.05, 3.63) is 0 Å². The zero-order valence-electron chi connectivity index (χ0n) is 11.5. The summed E-state index contributed by atoms with van der Waals surface area (Å²) in [6, 6.07) is 0.656. The van der Waals surface area contributed by atoms with Gasteiger partial charge in [0.25, 0.3) is 0 Å². The van der Waals surface area contributed by atoms with Gasteiger partial charge in [0.15, 0.2) is 0 Å². The Balaban J connectivity index is 2.01. The summed E-state index contributed by atoms with van der Waals surface area (Å²) in [5, 5.41) is 10.8. The number of likely N-dealkylation sites (tertiary alicyclic amines) is 1. The van der Waals surface area contributed by atoms with Crippen LogP contribution in [0.4, 0.5) is 0 Å². The third kappa shape index (κ3) is 2.86. The summed E-state index contributed by atoms with van der Waals surface area (Å²) < 4.78 is 4.88. The van der Waals surface area contributed by atoms with Crippen LogP contribution in [0.5, 0.6) is 0 Å². The molecule has 18 heavy (non-hydrogen) atoms. The molecule has 2 atom stereocenters. The maximum absolute atomic E-state index is 11.9. The molecule has 2 rings (SSSR count). The number of nitrogens with zero attached hydrogens (tertiary/aromatic N) is 1. The predicted molar refractivity (Wildman–Crippen MR) is 69.2 cm³/mol. The van der Waals surface area contributed by atoms with Crippen LogP contribution in [-0.2, 0) is 9.53 Å². The van der Waals surface area contributed by atoms with Crippen molar-refractivity contribution >= 4 is 5.97 Å². The van der Waals surface area contributed by atoms with Crippen molar-refractivity contribution in [3.63, 3.8) is 0 Å². The van der Waals surface area contributed by atoms with Gasteiger partial charge in [-0.3, -0.25) is 9.69 Å². The van der Waals surface area contributed by atoms with Gasteiger partial charge in [-0.05, 0) is 25.7 Å². The number of carbonyl (C=O) groups excluding carboxylic acids is 1. The summed E-state index contributed by atoms with van der Waals surface area (Å²) in [7, 11) is 1.41. The van der Waals surface area contributed by atoms with Crippen molar-refractivity contribution in [2.75, 3.05) is 20.2 Å². The van der Waals surface area contributed by atoms with Crippen molar-refractivity contribution in [2.45, 2.75) is 57.1 Å². The molecule has 0 aromatic heterocycles. The molecule has 0 radical (unpaired) electrons. The van der Waals surface area contributed by atoms with Crippen LogP contribution in [-0.4, -0.2) is 47.8 Å². The molecule has 0 aromatic rings. The monoisotopic (exact) mass is 255 g/mol. The highest BCUT2D eigenvalue weighted by Gasteiger charge is 2.49. The van der Waals surface area contributed by atoms with Crippen LogP contribution in [0.15, 0.2) is 0 Å². The van der Waals surface area contributed by atoms with Crippen molar-refractivity contribution < 1.29 is 14.6 Å². The second kappa shape index (κ2) is 5.57. The van der Waals surface area contributed by atoms with E-state index in [-0.39, 0.29) is 11.9 Å². The molecule has 2 unspecified atom stereocenters. The number of hydrogen-bond acceptors (Lipinski definition) is 4. The Morgan fingerprint density at radius 1 is 1.56 bits per heavy atom. The normalized spacial score (nSPS) is 30.4. The van der Waals surface area contributed by atoms with Crippen LogP contribution in [0.3, 0.4) is 0 Å². The first-order chi connectivity index (χ1) is 8.60. The summed E-state index contributed by atoms with van der Waals surface area (Å²) in [4.78, 5) is 14.2. The predicted octanol–water partition coefficient (Wildman–Crippen LogP) is 1.57. The van der Waals surface area contributed by atoms with E-state index in [0.29, 0.717) is 19.0 Å². The van der Waals surface area contributed by atoms with Crippen LogP contribution in [0, 0.1) is 5.92 Å². The number of rotatable bonds is 6. The summed E-state index contributed by atoms with van der Waals surface area (Å²) in [6.45, 7) is 3.66. The molecule has 1 saturated carbocycles. The molecule has 1 saturated heterocycles. The first-order valence-corrected chi connectivity index (χ1v) is 7.15. The Bertz CT molecular complexity index is 303. The summed E-state index contributed by atoms with van der Waals surface area (Å²) in [6.07, 6.45) is 5.93. The van der Waals surface area contributed by atoms with Crippen molar-refractivity contribution in [1.29, 1.82) is 0 Å². The summed E-state index contributed by atoms with van der Waals surface area (Å²) >= 11 is 0. The Hall–Kier alpha value is -0.610. The maximum atomic E-state index is 11.9. The number of methoxy groups -OCH3 is 1. The van der Waals surface area contributed by atoms with E-state index < -0.39 is 5.60 Å². The second-order valence-electron chi connectivity index (χ2n) is 5.77. The molecule has 1 heterocycles. The fourth-order valence-corrected chi connectivity index (χ4v) is 3.04. The zero-order valence-corrected chi connectivity index (χ0v) is 11.5. The lowest BCUT2D eigenvalue weighted by molar-refractivity contribution is -0.155. The summed E-state index contributed by atoms with van der Waals surface area (Å²) in [5.41, 5.74) is -0.870. The van der Waals surface area contributed by atoms with E-state index >= 15 is 0 Å². The third-order valence-corrected chi connectivity index (χ3v) is 4.35. The molecular weight excluding hydrogens is 230 g/mol. The van der Waals surface area contributed by atoms with Crippen LogP contribution >= 0.6 is 0 Å². The highest BCUT2D eigenvalue weighted by atomic mass is 16.5. The topological polar surface area (TPSA) is 49.8 Å². The average molecular weight is 255 g/mol. The minimum Gasteiger partial charge on any atom is -0.469 e. The Labute approximate surface area is 109 Å². The molecule has 2 aliphatic rings. The van der Waals surface area contributed by atoms with Gasteiger partial charge < -0.3 is 9.84 Å². The molecule has 104 valence electrons. The Morgan fingerprint density at radius 3 is 2.83 bits per heavy atom. The number of carbonyl (C=O) groups is 1. The molecule has 4 nitrogen and oxygen atoms in total. The van der Waals surface area contributed by atoms with Crippen molar-refractivity contribution in [1.82, 2.24) is 4.90 Å². The van der Waals surface area contributed by atoms with E-state index in [9.17, 15) is 9.90 Å².